The predicted octanol–water partition coefficient (Wildman–Crippen LogP) is 1.44. The molecule has 0 amide bonds. The van der Waals surface area contributed by atoms with Crippen LogP contribution in [0.25, 0.3) is 5.65 Å². The first kappa shape index (κ1) is 9.21. The van der Waals surface area contributed by atoms with E-state index in [4.69, 9.17) is 11.6 Å². The molecule has 2 aromatic rings. The Labute approximate surface area is 86.1 Å². The summed E-state index contributed by atoms with van der Waals surface area (Å²) < 4.78 is 1.60. The second-order valence-corrected chi connectivity index (χ2v) is 3.41. The third kappa shape index (κ3) is 1.13. The Morgan fingerprint density at radius 1 is 1.21 bits per heavy atom. The molecule has 1 N–H and O–H groups in total. The van der Waals surface area contributed by atoms with E-state index in [1.807, 2.05) is 13.8 Å². The van der Waals surface area contributed by atoms with Gasteiger partial charge in [-0.1, -0.05) is 11.6 Å². The van der Waals surface area contributed by atoms with Crippen molar-refractivity contribution in [3.63, 3.8) is 0 Å². The first-order valence-corrected chi connectivity index (χ1v) is 4.58. The van der Waals surface area contributed by atoms with Crippen LogP contribution >= 0.6 is 11.6 Å². The molecule has 0 atom stereocenters. The van der Waals surface area contributed by atoms with Crippen LogP contribution in [0.5, 0.6) is 0 Å². The summed E-state index contributed by atoms with van der Waals surface area (Å²) in [7, 11) is 1.77. The summed E-state index contributed by atoms with van der Waals surface area (Å²) in [6, 6.07) is 0. The molecule has 74 valence electrons. The number of halogens is 1. The fraction of sp³-hybridized carbons (Fsp3) is 0.375. The summed E-state index contributed by atoms with van der Waals surface area (Å²) in [6.07, 6.45) is 0. The van der Waals surface area contributed by atoms with Gasteiger partial charge in [0.2, 0.25) is 5.95 Å². The van der Waals surface area contributed by atoms with Crippen molar-refractivity contribution in [2.24, 2.45) is 0 Å². The monoisotopic (exact) mass is 211 g/mol. The minimum atomic E-state index is 0.478. The van der Waals surface area contributed by atoms with Crippen molar-refractivity contribution in [1.82, 2.24) is 19.8 Å². The Bertz CT molecular complexity index is 490. The van der Waals surface area contributed by atoms with Gasteiger partial charge >= 0.3 is 0 Å². The minimum Gasteiger partial charge on any atom is -0.356 e. The maximum Gasteiger partial charge on any atom is 0.245 e. The van der Waals surface area contributed by atoms with E-state index in [1.54, 1.807) is 11.6 Å². The normalized spacial score (nSPS) is 10.9. The Kier molecular flexibility index (Phi) is 2.03. The van der Waals surface area contributed by atoms with Crippen LogP contribution in [0.15, 0.2) is 0 Å². The SMILES string of the molecule is CNc1nnc2c(C)c(C)c(Cl)nn12. The molecule has 0 aromatic carbocycles. The van der Waals surface area contributed by atoms with E-state index in [2.05, 4.69) is 20.6 Å². The molecule has 0 radical (unpaired) electrons. The van der Waals surface area contributed by atoms with Gasteiger partial charge in [-0.15, -0.1) is 10.2 Å². The summed E-state index contributed by atoms with van der Waals surface area (Å²) >= 11 is 5.96. The summed E-state index contributed by atoms with van der Waals surface area (Å²) in [4.78, 5) is 0. The molecule has 5 nitrogen and oxygen atoms in total. The van der Waals surface area contributed by atoms with Gasteiger partial charge in [-0.3, -0.25) is 0 Å². The molecule has 0 aliphatic heterocycles. The van der Waals surface area contributed by atoms with E-state index in [1.165, 1.54) is 0 Å². The standard InChI is InChI=1S/C8H10ClN5/c1-4-5(2)7-11-12-8(10-3)14(7)13-6(4)9/h1-3H3,(H,10,12). The van der Waals surface area contributed by atoms with Crippen LogP contribution in [0.1, 0.15) is 11.1 Å². The van der Waals surface area contributed by atoms with E-state index in [0.29, 0.717) is 11.1 Å². The van der Waals surface area contributed by atoms with Crippen molar-refractivity contribution in [1.29, 1.82) is 0 Å². The van der Waals surface area contributed by atoms with Crippen molar-refractivity contribution in [3.05, 3.63) is 16.3 Å². The summed E-state index contributed by atoms with van der Waals surface area (Å²) in [5.74, 6) is 0.588. The number of fused-ring (bicyclic) bond motifs is 1. The maximum atomic E-state index is 5.96. The topological polar surface area (TPSA) is 55.1 Å². The van der Waals surface area contributed by atoms with Gasteiger partial charge in [-0.25, -0.2) is 0 Å². The van der Waals surface area contributed by atoms with Crippen LogP contribution in [0, 0.1) is 13.8 Å². The summed E-state index contributed by atoms with van der Waals surface area (Å²) in [5.41, 5.74) is 2.67. The molecule has 2 aromatic heterocycles. The lowest BCUT2D eigenvalue weighted by Gasteiger charge is -2.04. The number of aromatic nitrogens is 4. The highest BCUT2D eigenvalue weighted by atomic mass is 35.5. The zero-order valence-corrected chi connectivity index (χ0v) is 8.92. The molecular weight excluding hydrogens is 202 g/mol. The lowest BCUT2D eigenvalue weighted by atomic mass is 10.2. The quantitative estimate of drug-likeness (QED) is 0.776. The van der Waals surface area contributed by atoms with E-state index < -0.39 is 0 Å². The molecular formula is C8H10ClN5. The van der Waals surface area contributed by atoms with Gasteiger partial charge in [-0.05, 0) is 19.4 Å². The summed E-state index contributed by atoms with van der Waals surface area (Å²) in [6.45, 7) is 3.87. The van der Waals surface area contributed by atoms with Crippen LogP contribution in [-0.2, 0) is 0 Å². The Balaban J connectivity index is 2.86. The van der Waals surface area contributed by atoms with Crippen molar-refractivity contribution in [3.8, 4) is 0 Å². The molecule has 0 aliphatic carbocycles. The molecule has 0 saturated carbocycles. The number of hydrogen-bond acceptors (Lipinski definition) is 4. The Morgan fingerprint density at radius 2 is 1.93 bits per heavy atom. The fourth-order valence-corrected chi connectivity index (χ4v) is 1.47. The van der Waals surface area contributed by atoms with Crippen LogP contribution in [0.2, 0.25) is 5.15 Å². The number of anilines is 1. The maximum absolute atomic E-state index is 5.96. The molecule has 0 spiro atoms. The van der Waals surface area contributed by atoms with Gasteiger partial charge in [-0.2, -0.15) is 9.61 Å². The molecule has 0 fully saturated rings. The van der Waals surface area contributed by atoms with Gasteiger partial charge in [0.25, 0.3) is 0 Å². The largest absolute Gasteiger partial charge is 0.356 e. The molecule has 2 heterocycles. The number of rotatable bonds is 1. The van der Waals surface area contributed by atoms with Gasteiger partial charge in [0, 0.05) is 12.6 Å². The fourth-order valence-electron chi connectivity index (χ4n) is 1.25. The minimum absolute atomic E-state index is 0.478. The number of nitrogens with zero attached hydrogens (tertiary/aromatic N) is 4. The van der Waals surface area contributed by atoms with Gasteiger partial charge < -0.3 is 5.32 Å². The third-order valence-corrected chi connectivity index (χ3v) is 2.62. The third-order valence-electron chi connectivity index (χ3n) is 2.26. The first-order chi connectivity index (χ1) is 6.65. The Morgan fingerprint density at radius 3 is 2.57 bits per heavy atom. The molecule has 6 heteroatoms. The lowest BCUT2D eigenvalue weighted by Crippen LogP contribution is -2.02. The Hall–Kier alpha value is -1.36. The smallest absolute Gasteiger partial charge is 0.245 e. The van der Waals surface area contributed by atoms with E-state index in [9.17, 15) is 0 Å². The summed E-state index contributed by atoms with van der Waals surface area (Å²) in [5, 5.41) is 15.5. The molecule has 0 saturated heterocycles. The highest BCUT2D eigenvalue weighted by Gasteiger charge is 2.11. The van der Waals surface area contributed by atoms with Crippen LogP contribution in [0.4, 0.5) is 5.95 Å². The zero-order valence-electron chi connectivity index (χ0n) is 8.17. The first-order valence-electron chi connectivity index (χ1n) is 4.21. The molecule has 2 rings (SSSR count). The van der Waals surface area contributed by atoms with Gasteiger partial charge in [0.1, 0.15) is 0 Å². The second kappa shape index (κ2) is 3.09. The van der Waals surface area contributed by atoms with Crippen LogP contribution in [-0.4, -0.2) is 26.9 Å². The van der Waals surface area contributed by atoms with Crippen LogP contribution < -0.4 is 5.32 Å². The zero-order chi connectivity index (χ0) is 10.3. The second-order valence-electron chi connectivity index (χ2n) is 3.05. The predicted molar refractivity (Wildman–Crippen MR) is 54.8 cm³/mol. The van der Waals surface area contributed by atoms with Crippen molar-refractivity contribution in [2.45, 2.75) is 13.8 Å². The van der Waals surface area contributed by atoms with Crippen molar-refractivity contribution < 1.29 is 0 Å². The molecule has 0 aliphatic rings. The molecule has 0 unspecified atom stereocenters. The number of aryl methyl sites for hydroxylation is 1. The number of hydrogen-bond donors (Lipinski definition) is 1. The van der Waals surface area contributed by atoms with E-state index in [0.717, 1.165) is 16.8 Å². The number of nitrogens with one attached hydrogen (secondary N) is 1. The van der Waals surface area contributed by atoms with Gasteiger partial charge in [0.05, 0.1) is 0 Å². The van der Waals surface area contributed by atoms with Crippen molar-refractivity contribution >= 4 is 23.2 Å². The average molecular weight is 212 g/mol. The highest BCUT2D eigenvalue weighted by Crippen LogP contribution is 2.20. The van der Waals surface area contributed by atoms with Crippen LogP contribution in [0.3, 0.4) is 0 Å². The van der Waals surface area contributed by atoms with Crippen molar-refractivity contribution in [2.75, 3.05) is 12.4 Å². The highest BCUT2D eigenvalue weighted by molar-refractivity contribution is 6.30. The van der Waals surface area contributed by atoms with E-state index >= 15 is 0 Å². The lowest BCUT2D eigenvalue weighted by molar-refractivity contribution is 0.915. The molecule has 0 bridgehead atoms. The average Bonchev–Trinajstić information content (AvgIpc) is 2.57. The van der Waals surface area contributed by atoms with E-state index in [-0.39, 0.29) is 0 Å². The molecule has 14 heavy (non-hydrogen) atoms. The van der Waals surface area contributed by atoms with Gasteiger partial charge in [0.15, 0.2) is 10.8 Å².